The molecule has 1 aliphatic rings. The van der Waals surface area contributed by atoms with Gasteiger partial charge in [0.2, 0.25) is 5.88 Å². The smallest absolute Gasteiger partial charge is 0.272 e. The second-order valence-electron chi connectivity index (χ2n) is 6.86. The molecule has 1 N–H and O–H groups in total. The zero-order valence-corrected chi connectivity index (χ0v) is 14.8. The molecule has 1 fully saturated rings. The molecular formula is C16H24F2N2O2S. The van der Waals surface area contributed by atoms with Gasteiger partial charge in [0.25, 0.3) is 6.43 Å². The van der Waals surface area contributed by atoms with Crippen LogP contribution in [0.15, 0.2) is 12.3 Å². The lowest BCUT2D eigenvalue weighted by atomic mass is 10.1. The highest BCUT2D eigenvalue weighted by Gasteiger charge is 2.31. The lowest BCUT2D eigenvalue weighted by Gasteiger charge is -2.26. The van der Waals surface area contributed by atoms with E-state index < -0.39 is 24.4 Å². The standard InChI is InChI=1S/C16H24F2N2O2S/c1-10(20-23(21)16(2,3)4)12-7-13(11-5-6-11)15(19-8-12)22-9-14(17)18/h7-8,10-11,14,20H,5-6,9H2,1-4H3/t10?,23-/m1/s1. The maximum absolute atomic E-state index is 12.3. The first-order valence-corrected chi connectivity index (χ1v) is 8.92. The summed E-state index contributed by atoms with van der Waals surface area (Å²) in [6.45, 7) is 6.97. The Morgan fingerprint density at radius 1 is 1.43 bits per heavy atom. The SMILES string of the molecule is CC(N[S@+]([O-])C(C)(C)C)c1cnc(OCC(F)F)c(C2CC2)c1. The predicted molar refractivity (Wildman–Crippen MR) is 87.2 cm³/mol. The average molecular weight is 346 g/mol. The van der Waals surface area contributed by atoms with Gasteiger partial charge in [-0.1, -0.05) is 0 Å². The number of halogens is 2. The maximum Gasteiger partial charge on any atom is 0.272 e. The van der Waals surface area contributed by atoms with Crippen molar-refractivity contribution in [3.63, 3.8) is 0 Å². The Kier molecular flexibility index (Phi) is 5.86. The molecule has 7 heteroatoms. The van der Waals surface area contributed by atoms with Crippen molar-refractivity contribution in [1.29, 1.82) is 0 Å². The molecule has 0 aliphatic heterocycles. The minimum absolute atomic E-state index is 0.149. The van der Waals surface area contributed by atoms with Crippen LogP contribution in [0.5, 0.6) is 5.88 Å². The summed E-state index contributed by atoms with van der Waals surface area (Å²) in [6, 6.07) is 1.78. The van der Waals surface area contributed by atoms with Gasteiger partial charge in [-0.3, -0.25) is 0 Å². The van der Waals surface area contributed by atoms with Gasteiger partial charge in [0.1, 0.15) is 4.75 Å². The number of ether oxygens (including phenoxy) is 1. The molecule has 4 nitrogen and oxygen atoms in total. The van der Waals surface area contributed by atoms with E-state index in [-0.39, 0.29) is 10.8 Å². The molecular weight excluding hydrogens is 322 g/mol. The van der Waals surface area contributed by atoms with Crippen LogP contribution < -0.4 is 9.46 Å². The molecule has 1 aromatic rings. The molecule has 1 saturated carbocycles. The van der Waals surface area contributed by atoms with Crippen LogP contribution in [-0.2, 0) is 11.4 Å². The first-order valence-electron chi connectivity index (χ1n) is 7.77. The molecule has 0 bridgehead atoms. The van der Waals surface area contributed by atoms with Gasteiger partial charge in [0, 0.05) is 23.1 Å². The number of hydrogen-bond acceptors (Lipinski definition) is 4. The Hall–Kier alpha value is -0.920. The largest absolute Gasteiger partial charge is 0.598 e. The number of alkyl halides is 2. The van der Waals surface area contributed by atoms with Gasteiger partial charge in [-0.25, -0.2) is 13.8 Å². The number of aromatic nitrogens is 1. The summed E-state index contributed by atoms with van der Waals surface area (Å²) in [6.07, 6.45) is 1.13. The summed E-state index contributed by atoms with van der Waals surface area (Å²) >= 11 is -1.19. The Morgan fingerprint density at radius 2 is 2.09 bits per heavy atom. The van der Waals surface area contributed by atoms with Crippen LogP contribution in [0.1, 0.15) is 63.6 Å². The first-order chi connectivity index (χ1) is 10.7. The normalized spacial score (nSPS) is 18.1. The lowest BCUT2D eigenvalue weighted by Crippen LogP contribution is -2.40. The molecule has 23 heavy (non-hydrogen) atoms. The Morgan fingerprint density at radius 3 is 2.61 bits per heavy atom. The summed E-state index contributed by atoms with van der Waals surface area (Å²) in [7, 11) is 0. The van der Waals surface area contributed by atoms with Crippen molar-refractivity contribution in [2.24, 2.45) is 0 Å². The average Bonchev–Trinajstić information content (AvgIpc) is 3.28. The van der Waals surface area contributed by atoms with Gasteiger partial charge in [0.05, 0.1) is 6.04 Å². The minimum Gasteiger partial charge on any atom is -0.598 e. The summed E-state index contributed by atoms with van der Waals surface area (Å²) in [4.78, 5) is 4.21. The molecule has 1 aromatic heterocycles. The van der Waals surface area contributed by atoms with Crippen LogP contribution in [-0.4, -0.2) is 27.3 Å². The zero-order valence-electron chi connectivity index (χ0n) is 13.9. The molecule has 2 atom stereocenters. The van der Waals surface area contributed by atoms with Gasteiger partial charge >= 0.3 is 0 Å². The van der Waals surface area contributed by atoms with Gasteiger partial charge in [-0.2, -0.15) is 0 Å². The van der Waals surface area contributed by atoms with Crippen LogP contribution in [0.25, 0.3) is 0 Å². The van der Waals surface area contributed by atoms with Crippen LogP contribution in [0, 0.1) is 0 Å². The lowest BCUT2D eigenvalue weighted by molar-refractivity contribution is 0.0790. The van der Waals surface area contributed by atoms with E-state index in [1.807, 2.05) is 33.8 Å². The van der Waals surface area contributed by atoms with Crippen molar-refractivity contribution in [2.45, 2.75) is 63.7 Å². The van der Waals surface area contributed by atoms with E-state index in [1.54, 1.807) is 6.20 Å². The number of pyridine rings is 1. The van der Waals surface area contributed by atoms with E-state index in [0.717, 1.165) is 24.0 Å². The topological polar surface area (TPSA) is 57.2 Å². The van der Waals surface area contributed by atoms with Gasteiger partial charge in [0.15, 0.2) is 6.61 Å². The third-order valence-electron chi connectivity index (χ3n) is 3.60. The highest BCUT2D eigenvalue weighted by atomic mass is 32.2. The number of nitrogens with one attached hydrogen (secondary N) is 1. The number of nitrogens with zero attached hydrogens (tertiary/aromatic N) is 1. The van der Waals surface area contributed by atoms with E-state index in [0.29, 0.717) is 11.8 Å². The van der Waals surface area contributed by atoms with Crippen molar-refractivity contribution < 1.29 is 18.1 Å². The molecule has 1 aliphatic carbocycles. The third-order valence-corrected chi connectivity index (χ3v) is 5.28. The maximum atomic E-state index is 12.3. The van der Waals surface area contributed by atoms with Crippen LogP contribution >= 0.6 is 0 Å². The van der Waals surface area contributed by atoms with Crippen LogP contribution in [0.2, 0.25) is 0 Å². The fourth-order valence-corrected chi connectivity index (χ4v) is 2.89. The molecule has 0 saturated heterocycles. The summed E-state index contributed by atoms with van der Waals surface area (Å²) < 4.78 is 44.7. The fraction of sp³-hybridized carbons (Fsp3) is 0.688. The van der Waals surface area contributed by atoms with Crippen molar-refractivity contribution in [2.75, 3.05) is 6.61 Å². The summed E-state index contributed by atoms with van der Waals surface area (Å²) in [5, 5.41) is 0. The quantitative estimate of drug-likeness (QED) is 0.765. The minimum atomic E-state index is -2.52. The second kappa shape index (κ2) is 7.32. The molecule has 0 amide bonds. The molecule has 1 heterocycles. The summed E-state index contributed by atoms with van der Waals surface area (Å²) in [5.41, 5.74) is 1.76. The van der Waals surface area contributed by atoms with E-state index in [4.69, 9.17) is 4.74 Å². The van der Waals surface area contributed by atoms with E-state index in [1.165, 1.54) is 0 Å². The third kappa shape index (κ3) is 5.29. The van der Waals surface area contributed by atoms with Crippen molar-refractivity contribution >= 4 is 11.4 Å². The predicted octanol–water partition coefficient (Wildman–Crippen LogP) is 3.72. The van der Waals surface area contributed by atoms with E-state index >= 15 is 0 Å². The van der Waals surface area contributed by atoms with Gasteiger partial charge in [-0.15, -0.1) is 4.72 Å². The Bertz CT molecular complexity index is 533. The number of rotatable bonds is 7. The van der Waals surface area contributed by atoms with Gasteiger partial charge in [-0.05, 0) is 58.1 Å². The monoisotopic (exact) mass is 346 g/mol. The van der Waals surface area contributed by atoms with E-state index in [2.05, 4.69) is 9.71 Å². The molecule has 2 rings (SSSR count). The molecule has 0 radical (unpaired) electrons. The van der Waals surface area contributed by atoms with Crippen molar-refractivity contribution in [3.05, 3.63) is 23.4 Å². The fourth-order valence-electron chi connectivity index (χ4n) is 2.08. The van der Waals surface area contributed by atoms with Crippen LogP contribution in [0.3, 0.4) is 0 Å². The molecule has 130 valence electrons. The highest BCUT2D eigenvalue weighted by molar-refractivity contribution is 7.90. The van der Waals surface area contributed by atoms with Crippen molar-refractivity contribution in [3.8, 4) is 5.88 Å². The highest BCUT2D eigenvalue weighted by Crippen LogP contribution is 2.44. The number of hydrogen-bond donors (Lipinski definition) is 1. The van der Waals surface area contributed by atoms with Crippen molar-refractivity contribution in [1.82, 2.24) is 9.71 Å². The Balaban J connectivity index is 2.12. The van der Waals surface area contributed by atoms with Gasteiger partial charge < -0.3 is 9.29 Å². The molecule has 0 spiro atoms. The first kappa shape index (κ1) is 18.4. The molecule has 0 aromatic carbocycles. The molecule has 1 unspecified atom stereocenters. The second-order valence-corrected chi connectivity index (χ2v) is 8.86. The van der Waals surface area contributed by atoms with Crippen LogP contribution in [0.4, 0.5) is 8.78 Å². The summed E-state index contributed by atoms with van der Waals surface area (Å²) in [5.74, 6) is 0.621. The van der Waals surface area contributed by atoms with E-state index in [9.17, 15) is 13.3 Å². The Labute approximate surface area is 139 Å². The zero-order chi connectivity index (χ0) is 17.2.